The molecule has 8 nitrogen and oxygen atoms in total. The number of benzene rings is 1. The Bertz CT molecular complexity index is 963. The van der Waals surface area contributed by atoms with Gasteiger partial charge in [0, 0.05) is 19.2 Å². The van der Waals surface area contributed by atoms with Gasteiger partial charge in [0.1, 0.15) is 22.9 Å². The standard InChI is InChI=1S/C18H20N6O2/c1-19-16-9-15(22-13-5-3-4-6-14(13)26-2)23-17-12(10-20-24(16)17)18(25)21-11-7-8-11/h3-6,9-11,19H,7-8H2,1-2H3,(H,21,25)(H,22,23). The number of carbonyl (C=O) groups is 1. The van der Waals surface area contributed by atoms with Crippen molar-refractivity contribution in [1.82, 2.24) is 19.9 Å². The number of anilines is 3. The summed E-state index contributed by atoms with van der Waals surface area (Å²) in [5.74, 6) is 1.87. The van der Waals surface area contributed by atoms with Crippen LogP contribution in [0.1, 0.15) is 23.2 Å². The molecule has 1 aromatic carbocycles. The number of nitrogens with zero attached hydrogens (tertiary/aromatic N) is 3. The van der Waals surface area contributed by atoms with Gasteiger partial charge in [-0.2, -0.15) is 9.61 Å². The minimum absolute atomic E-state index is 0.147. The highest BCUT2D eigenvalue weighted by Crippen LogP contribution is 2.28. The van der Waals surface area contributed by atoms with Gasteiger partial charge in [-0.25, -0.2) is 4.98 Å². The second-order valence-electron chi connectivity index (χ2n) is 6.14. The molecule has 26 heavy (non-hydrogen) atoms. The largest absolute Gasteiger partial charge is 0.495 e. The van der Waals surface area contributed by atoms with E-state index < -0.39 is 0 Å². The molecule has 0 saturated heterocycles. The van der Waals surface area contributed by atoms with Crippen LogP contribution in [0.25, 0.3) is 5.65 Å². The van der Waals surface area contributed by atoms with Crippen LogP contribution in [0.15, 0.2) is 36.5 Å². The van der Waals surface area contributed by atoms with Crippen LogP contribution < -0.4 is 20.7 Å². The molecular weight excluding hydrogens is 332 g/mol. The summed E-state index contributed by atoms with van der Waals surface area (Å²) in [4.78, 5) is 17.1. The first-order valence-electron chi connectivity index (χ1n) is 8.47. The SMILES string of the molecule is CNc1cc(Nc2ccccc2OC)nc2c(C(=O)NC3CC3)cnn12. The minimum Gasteiger partial charge on any atom is -0.495 e. The number of fused-ring (bicyclic) bond motifs is 1. The molecule has 4 rings (SSSR count). The highest BCUT2D eigenvalue weighted by atomic mass is 16.5. The van der Waals surface area contributed by atoms with Gasteiger partial charge >= 0.3 is 0 Å². The summed E-state index contributed by atoms with van der Waals surface area (Å²) in [6, 6.07) is 9.69. The van der Waals surface area contributed by atoms with Gasteiger partial charge in [-0.05, 0) is 25.0 Å². The molecule has 0 unspecified atom stereocenters. The lowest BCUT2D eigenvalue weighted by molar-refractivity contribution is 0.0952. The van der Waals surface area contributed by atoms with Crippen molar-refractivity contribution in [1.29, 1.82) is 0 Å². The summed E-state index contributed by atoms with van der Waals surface area (Å²) in [5.41, 5.74) is 1.74. The molecule has 0 aliphatic heterocycles. The van der Waals surface area contributed by atoms with E-state index >= 15 is 0 Å². The lowest BCUT2D eigenvalue weighted by Gasteiger charge is -2.12. The van der Waals surface area contributed by atoms with Gasteiger partial charge < -0.3 is 20.7 Å². The second kappa shape index (κ2) is 6.55. The number of carbonyl (C=O) groups excluding carboxylic acids is 1. The van der Waals surface area contributed by atoms with E-state index in [2.05, 4.69) is 26.0 Å². The zero-order chi connectivity index (χ0) is 18.1. The number of rotatable bonds is 6. The molecular formula is C18H20N6O2. The molecule has 3 aromatic rings. The number of hydrogen-bond acceptors (Lipinski definition) is 6. The molecule has 1 aliphatic carbocycles. The van der Waals surface area contributed by atoms with Crippen molar-refractivity contribution < 1.29 is 9.53 Å². The smallest absolute Gasteiger partial charge is 0.256 e. The third-order valence-corrected chi connectivity index (χ3v) is 4.25. The van der Waals surface area contributed by atoms with Gasteiger partial charge in [0.25, 0.3) is 5.91 Å². The number of hydrogen-bond donors (Lipinski definition) is 3. The molecule has 3 N–H and O–H groups in total. The zero-order valence-corrected chi connectivity index (χ0v) is 14.6. The Balaban J connectivity index is 1.74. The molecule has 1 fully saturated rings. The van der Waals surface area contributed by atoms with Crippen LogP contribution in [0, 0.1) is 0 Å². The van der Waals surface area contributed by atoms with E-state index in [0.717, 1.165) is 24.3 Å². The Kier molecular flexibility index (Phi) is 4.08. The molecule has 1 amide bonds. The summed E-state index contributed by atoms with van der Waals surface area (Å²) in [7, 11) is 3.42. The monoisotopic (exact) mass is 352 g/mol. The number of para-hydroxylation sites is 2. The Labute approximate surface area is 150 Å². The van der Waals surface area contributed by atoms with Gasteiger partial charge in [-0.1, -0.05) is 12.1 Å². The van der Waals surface area contributed by atoms with Gasteiger partial charge in [0.05, 0.1) is 19.0 Å². The van der Waals surface area contributed by atoms with E-state index in [0.29, 0.717) is 22.8 Å². The van der Waals surface area contributed by atoms with E-state index in [4.69, 9.17) is 4.74 Å². The van der Waals surface area contributed by atoms with E-state index in [1.165, 1.54) is 0 Å². The quantitative estimate of drug-likeness (QED) is 0.631. The predicted octanol–water partition coefficient (Wildman–Crippen LogP) is 2.42. The number of amides is 1. The molecule has 134 valence electrons. The van der Waals surface area contributed by atoms with Crippen molar-refractivity contribution in [3.05, 3.63) is 42.1 Å². The van der Waals surface area contributed by atoms with Crippen molar-refractivity contribution in [3.8, 4) is 5.75 Å². The summed E-state index contributed by atoms with van der Waals surface area (Å²) in [6.45, 7) is 0. The number of ether oxygens (including phenoxy) is 1. The highest BCUT2D eigenvalue weighted by Gasteiger charge is 2.26. The normalized spacial score (nSPS) is 13.5. The Hall–Kier alpha value is -3.29. The molecule has 8 heteroatoms. The average Bonchev–Trinajstić information content (AvgIpc) is 3.37. The molecule has 2 aromatic heterocycles. The number of nitrogens with one attached hydrogen (secondary N) is 3. The third kappa shape index (κ3) is 3.01. The number of methoxy groups -OCH3 is 1. The van der Waals surface area contributed by atoms with Crippen molar-refractivity contribution in [3.63, 3.8) is 0 Å². The van der Waals surface area contributed by atoms with E-state index in [9.17, 15) is 4.79 Å². The van der Waals surface area contributed by atoms with E-state index in [-0.39, 0.29) is 11.9 Å². The van der Waals surface area contributed by atoms with Crippen LogP contribution in [0.2, 0.25) is 0 Å². The van der Waals surface area contributed by atoms with Crippen LogP contribution >= 0.6 is 0 Å². The first-order chi connectivity index (χ1) is 12.7. The van der Waals surface area contributed by atoms with Crippen LogP contribution in [0.4, 0.5) is 17.3 Å². The second-order valence-corrected chi connectivity index (χ2v) is 6.14. The molecule has 0 bridgehead atoms. The van der Waals surface area contributed by atoms with Gasteiger partial charge in [0.2, 0.25) is 0 Å². The maximum atomic E-state index is 12.5. The van der Waals surface area contributed by atoms with E-state index in [1.807, 2.05) is 30.3 Å². The predicted molar refractivity (Wildman–Crippen MR) is 99.3 cm³/mol. The first-order valence-corrected chi connectivity index (χ1v) is 8.47. The Morgan fingerprint density at radius 3 is 2.85 bits per heavy atom. The molecule has 1 aliphatic rings. The van der Waals surface area contributed by atoms with E-state index in [1.54, 1.807) is 24.9 Å². The summed E-state index contributed by atoms with van der Waals surface area (Å²) in [6.07, 6.45) is 3.61. The topological polar surface area (TPSA) is 92.6 Å². The van der Waals surface area contributed by atoms with Gasteiger partial charge in [-0.3, -0.25) is 4.79 Å². The van der Waals surface area contributed by atoms with Crippen LogP contribution in [0.3, 0.4) is 0 Å². The number of aromatic nitrogens is 3. The van der Waals surface area contributed by atoms with Crippen molar-refractivity contribution in [2.24, 2.45) is 0 Å². The minimum atomic E-state index is -0.147. The van der Waals surface area contributed by atoms with Crippen molar-refractivity contribution >= 4 is 28.9 Å². The summed E-state index contributed by atoms with van der Waals surface area (Å²) in [5, 5.41) is 13.6. The molecule has 0 spiro atoms. The molecule has 1 saturated carbocycles. The lowest BCUT2D eigenvalue weighted by atomic mass is 10.3. The summed E-state index contributed by atoms with van der Waals surface area (Å²) >= 11 is 0. The maximum absolute atomic E-state index is 12.5. The van der Waals surface area contributed by atoms with Crippen molar-refractivity contribution in [2.75, 3.05) is 24.8 Å². The van der Waals surface area contributed by atoms with Crippen LogP contribution in [-0.2, 0) is 0 Å². The van der Waals surface area contributed by atoms with Crippen LogP contribution in [-0.4, -0.2) is 40.7 Å². The fourth-order valence-electron chi connectivity index (χ4n) is 2.74. The molecule has 0 radical (unpaired) electrons. The average molecular weight is 352 g/mol. The van der Waals surface area contributed by atoms with Crippen LogP contribution in [0.5, 0.6) is 5.75 Å². The maximum Gasteiger partial charge on any atom is 0.256 e. The highest BCUT2D eigenvalue weighted by molar-refractivity contribution is 6.00. The lowest BCUT2D eigenvalue weighted by Crippen LogP contribution is -2.25. The van der Waals surface area contributed by atoms with Gasteiger partial charge in [-0.15, -0.1) is 0 Å². The van der Waals surface area contributed by atoms with Crippen molar-refractivity contribution in [2.45, 2.75) is 18.9 Å². The molecule has 2 heterocycles. The molecule has 0 atom stereocenters. The fraction of sp³-hybridized carbons (Fsp3) is 0.278. The zero-order valence-electron chi connectivity index (χ0n) is 14.6. The first kappa shape index (κ1) is 16.2. The third-order valence-electron chi connectivity index (χ3n) is 4.25. The summed E-state index contributed by atoms with van der Waals surface area (Å²) < 4.78 is 6.99. The van der Waals surface area contributed by atoms with Gasteiger partial charge in [0.15, 0.2) is 5.65 Å². The fourth-order valence-corrected chi connectivity index (χ4v) is 2.74. The Morgan fingerprint density at radius 1 is 1.31 bits per heavy atom. The Morgan fingerprint density at radius 2 is 2.12 bits per heavy atom.